The number of nitrogens with one attached hydrogen (secondary N) is 1. The number of hydrogen-bond donors (Lipinski definition) is 1. The zero-order chi connectivity index (χ0) is 21.0. The van der Waals surface area contributed by atoms with Gasteiger partial charge in [-0.05, 0) is 38.2 Å². The zero-order valence-corrected chi connectivity index (χ0v) is 17.8. The van der Waals surface area contributed by atoms with Crippen LogP contribution >= 0.6 is 0 Å². The van der Waals surface area contributed by atoms with Crippen LogP contribution in [0.1, 0.15) is 52.0 Å². The molecule has 0 radical (unpaired) electrons. The monoisotopic (exact) mass is 399 g/mol. The van der Waals surface area contributed by atoms with Gasteiger partial charge in [0.2, 0.25) is 17.7 Å². The molecule has 3 rings (SSSR count). The summed E-state index contributed by atoms with van der Waals surface area (Å²) in [7, 11) is 0. The van der Waals surface area contributed by atoms with Gasteiger partial charge in [0.15, 0.2) is 0 Å². The van der Waals surface area contributed by atoms with E-state index in [1.807, 2.05) is 49.1 Å². The highest BCUT2D eigenvalue weighted by molar-refractivity contribution is 5.90. The van der Waals surface area contributed by atoms with E-state index in [0.717, 1.165) is 24.8 Å². The summed E-state index contributed by atoms with van der Waals surface area (Å²) < 4.78 is 0. The van der Waals surface area contributed by atoms with E-state index in [9.17, 15) is 14.4 Å². The van der Waals surface area contributed by atoms with E-state index in [0.29, 0.717) is 19.4 Å². The summed E-state index contributed by atoms with van der Waals surface area (Å²) in [6.45, 7) is 6.75. The van der Waals surface area contributed by atoms with Crippen LogP contribution in [-0.4, -0.2) is 58.7 Å². The average Bonchev–Trinajstić information content (AvgIpc) is 3.08. The summed E-state index contributed by atoms with van der Waals surface area (Å²) in [5, 5.41) is 2.94. The fourth-order valence-corrected chi connectivity index (χ4v) is 4.34. The lowest BCUT2D eigenvalue weighted by atomic mass is 10.0. The summed E-state index contributed by atoms with van der Waals surface area (Å²) in [6, 6.07) is 9.30. The van der Waals surface area contributed by atoms with Gasteiger partial charge in [-0.2, -0.15) is 0 Å². The average molecular weight is 400 g/mol. The summed E-state index contributed by atoms with van der Waals surface area (Å²) in [6.07, 6.45) is 3.75. The fraction of sp³-hybridized carbons (Fsp3) is 0.609. The summed E-state index contributed by atoms with van der Waals surface area (Å²) >= 11 is 0. The lowest BCUT2D eigenvalue weighted by Gasteiger charge is -2.38. The molecule has 0 bridgehead atoms. The second kappa shape index (κ2) is 9.42. The second-order valence-corrected chi connectivity index (χ2v) is 8.49. The van der Waals surface area contributed by atoms with E-state index in [4.69, 9.17) is 0 Å². The molecule has 6 heteroatoms. The van der Waals surface area contributed by atoms with Crippen LogP contribution in [0, 0.1) is 5.92 Å². The maximum atomic E-state index is 13.3. The third-order valence-electron chi connectivity index (χ3n) is 6.40. The second-order valence-electron chi connectivity index (χ2n) is 8.49. The van der Waals surface area contributed by atoms with Crippen molar-refractivity contribution in [2.45, 2.75) is 71.0 Å². The summed E-state index contributed by atoms with van der Waals surface area (Å²) in [5.74, 6) is -0.320. The smallest absolute Gasteiger partial charge is 0.247 e. The van der Waals surface area contributed by atoms with Crippen molar-refractivity contribution in [2.75, 3.05) is 13.1 Å². The van der Waals surface area contributed by atoms with Crippen molar-refractivity contribution >= 4 is 17.7 Å². The van der Waals surface area contributed by atoms with Gasteiger partial charge in [-0.25, -0.2) is 0 Å². The maximum Gasteiger partial charge on any atom is 0.247 e. The number of hydrogen-bond acceptors (Lipinski definition) is 3. The molecular formula is C23H33N3O3. The van der Waals surface area contributed by atoms with Gasteiger partial charge in [0.05, 0.1) is 6.42 Å². The normalized spacial score (nSPS) is 25.8. The van der Waals surface area contributed by atoms with Crippen LogP contribution in [0.15, 0.2) is 30.3 Å². The molecule has 3 amide bonds. The van der Waals surface area contributed by atoms with Crippen molar-refractivity contribution in [3.05, 3.63) is 35.9 Å². The Balaban J connectivity index is 1.79. The van der Waals surface area contributed by atoms with Crippen molar-refractivity contribution in [3.8, 4) is 0 Å². The van der Waals surface area contributed by atoms with Gasteiger partial charge < -0.3 is 15.1 Å². The summed E-state index contributed by atoms with van der Waals surface area (Å²) in [4.78, 5) is 42.6. The topological polar surface area (TPSA) is 69.7 Å². The molecule has 2 saturated heterocycles. The van der Waals surface area contributed by atoms with Crippen LogP contribution in [0.25, 0.3) is 0 Å². The van der Waals surface area contributed by atoms with Crippen LogP contribution < -0.4 is 5.32 Å². The molecule has 6 nitrogen and oxygen atoms in total. The molecule has 2 fully saturated rings. The number of carbonyl (C=O) groups is 3. The predicted octanol–water partition coefficient (Wildman–Crippen LogP) is 2.37. The van der Waals surface area contributed by atoms with Gasteiger partial charge >= 0.3 is 0 Å². The number of benzene rings is 1. The number of rotatable bonds is 5. The minimum atomic E-state index is -0.681. The van der Waals surface area contributed by atoms with Crippen LogP contribution in [-0.2, 0) is 20.8 Å². The molecule has 4 atom stereocenters. The van der Waals surface area contributed by atoms with Crippen molar-refractivity contribution in [3.63, 3.8) is 0 Å². The minimum Gasteiger partial charge on any atom is -0.342 e. The van der Waals surface area contributed by atoms with Crippen molar-refractivity contribution < 1.29 is 14.4 Å². The molecule has 2 heterocycles. The first-order chi connectivity index (χ1) is 13.9. The highest BCUT2D eigenvalue weighted by Crippen LogP contribution is 2.29. The Morgan fingerprint density at radius 3 is 2.59 bits per heavy atom. The van der Waals surface area contributed by atoms with Gasteiger partial charge in [0, 0.05) is 31.1 Å². The first-order valence-electron chi connectivity index (χ1n) is 10.8. The zero-order valence-electron chi connectivity index (χ0n) is 17.8. The Bertz CT molecular complexity index is 736. The Hall–Kier alpha value is -2.37. The molecular weight excluding hydrogens is 366 g/mol. The van der Waals surface area contributed by atoms with E-state index in [-0.39, 0.29) is 42.3 Å². The van der Waals surface area contributed by atoms with Gasteiger partial charge in [0.1, 0.15) is 6.04 Å². The Morgan fingerprint density at radius 2 is 1.90 bits per heavy atom. The molecule has 2 aliphatic heterocycles. The van der Waals surface area contributed by atoms with E-state index >= 15 is 0 Å². The molecule has 2 aliphatic rings. The molecule has 1 aromatic carbocycles. The number of amides is 3. The van der Waals surface area contributed by atoms with Crippen molar-refractivity contribution in [1.82, 2.24) is 15.1 Å². The van der Waals surface area contributed by atoms with E-state index in [1.54, 1.807) is 4.90 Å². The third-order valence-corrected chi connectivity index (χ3v) is 6.40. The minimum absolute atomic E-state index is 0.00582. The SMILES string of the molecule is CC[C@@H](C)C(=O)N[C@H]1CN(C(=O)Cc2ccccc2)CC[C@H]2CC[C@@H](C)N2C1=O. The van der Waals surface area contributed by atoms with E-state index < -0.39 is 6.04 Å². The largest absolute Gasteiger partial charge is 0.342 e. The lowest BCUT2D eigenvalue weighted by molar-refractivity contribution is -0.143. The number of carbonyl (C=O) groups excluding carboxylic acids is 3. The lowest BCUT2D eigenvalue weighted by Crippen LogP contribution is -2.59. The predicted molar refractivity (Wildman–Crippen MR) is 112 cm³/mol. The molecule has 0 unspecified atom stereocenters. The Labute approximate surface area is 173 Å². The Morgan fingerprint density at radius 1 is 1.17 bits per heavy atom. The molecule has 1 N–H and O–H groups in total. The molecule has 29 heavy (non-hydrogen) atoms. The Kier molecular flexibility index (Phi) is 6.93. The van der Waals surface area contributed by atoms with Crippen molar-refractivity contribution in [2.24, 2.45) is 5.92 Å². The van der Waals surface area contributed by atoms with Gasteiger partial charge in [-0.3, -0.25) is 14.4 Å². The van der Waals surface area contributed by atoms with E-state index in [1.165, 1.54) is 0 Å². The standard InChI is InChI=1S/C23H33N3O3/c1-4-16(2)22(28)24-20-15-25(21(27)14-18-8-6-5-7-9-18)13-12-19-11-10-17(3)26(19)23(20)29/h5-9,16-17,19-20H,4,10-15H2,1-3H3,(H,24,28)/t16-,17-,19-,20+/m1/s1. The fourth-order valence-electron chi connectivity index (χ4n) is 4.34. The van der Waals surface area contributed by atoms with Crippen molar-refractivity contribution in [1.29, 1.82) is 0 Å². The highest BCUT2D eigenvalue weighted by atomic mass is 16.2. The maximum absolute atomic E-state index is 13.3. The van der Waals surface area contributed by atoms with E-state index in [2.05, 4.69) is 12.2 Å². The van der Waals surface area contributed by atoms with Gasteiger partial charge in [-0.15, -0.1) is 0 Å². The molecule has 1 aromatic rings. The van der Waals surface area contributed by atoms with Gasteiger partial charge in [-0.1, -0.05) is 44.2 Å². The van der Waals surface area contributed by atoms with Crippen LogP contribution in [0.3, 0.4) is 0 Å². The first kappa shape index (κ1) is 21.3. The number of nitrogens with zero attached hydrogens (tertiary/aromatic N) is 2. The van der Waals surface area contributed by atoms with Crippen LogP contribution in [0.4, 0.5) is 0 Å². The molecule has 0 spiro atoms. The van der Waals surface area contributed by atoms with Crippen LogP contribution in [0.2, 0.25) is 0 Å². The number of fused-ring (bicyclic) bond motifs is 1. The quantitative estimate of drug-likeness (QED) is 0.826. The first-order valence-corrected chi connectivity index (χ1v) is 10.8. The molecule has 0 saturated carbocycles. The third kappa shape index (κ3) is 4.98. The summed E-state index contributed by atoms with van der Waals surface area (Å²) in [5.41, 5.74) is 0.960. The highest BCUT2D eigenvalue weighted by Gasteiger charge is 2.41. The molecule has 0 aliphatic carbocycles. The molecule has 158 valence electrons. The van der Waals surface area contributed by atoms with Gasteiger partial charge in [0.25, 0.3) is 0 Å². The van der Waals surface area contributed by atoms with Crippen LogP contribution in [0.5, 0.6) is 0 Å². The molecule has 0 aromatic heterocycles.